The molecule has 0 radical (unpaired) electrons. The number of rotatable bonds is 11. The van der Waals surface area contributed by atoms with Gasteiger partial charge in [-0.2, -0.15) is 0 Å². The summed E-state index contributed by atoms with van der Waals surface area (Å²) in [6.07, 6.45) is 0. The number of benzene rings is 3. The van der Waals surface area contributed by atoms with Crippen LogP contribution in [0.25, 0.3) is 0 Å². The van der Waals surface area contributed by atoms with Gasteiger partial charge >= 0.3 is 5.97 Å². The van der Waals surface area contributed by atoms with E-state index in [9.17, 15) is 14.4 Å². The van der Waals surface area contributed by atoms with Gasteiger partial charge in [-0.25, -0.2) is 4.79 Å². The van der Waals surface area contributed by atoms with Crippen molar-refractivity contribution in [2.75, 3.05) is 56.8 Å². The first-order valence-corrected chi connectivity index (χ1v) is 13.4. The molecule has 10 nitrogen and oxygen atoms in total. The molecule has 0 unspecified atom stereocenters. The van der Waals surface area contributed by atoms with Gasteiger partial charge < -0.3 is 34.1 Å². The van der Waals surface area contributed by atoms with Crippen LogP contribution in [-0.4, -0.2) is 75.4 Å². The Morgan fingerprint density at radius 2 is 1.59 bits per heavy atom. The number of hydrogen-bond donors (Lipinski definition) is 1. The van der Waals surface area contributed by atoms with Crippen LogP contribution in [0.1, 0.15) is 24.2 Å². The maximum Gasteiger partial charge on any atom is 0.338 e. The van der Waals surface area contributed by atoms with E-state index in [0.717, 1.165) is 11.4 Å². The molecule has 1 saturated heterocycles. The highest BCUT2D eigenvalue weighted by atomic mass is 16.5. The highest BCUT2D eigenvalue weighted by Crippen LogP contribution is 2.30. The molecule has 0 aromatic heterocycles. The van der Waals surface area contributed by atoms with Crippen LogP contribution in [0.15, 0.2) is 72.8 Å². The second-order valence-electron chi connectivity index (χ2n) is 9.62. The molecule has 3 aromatic carbocycles. The van der Waals surface area contributed by atoms with Crippen LogP contribution >= 0.6 is 0 Å². The maximum absolute atomic E-state index is 12.6. The van der Waals surface area contributed by atoms with Crippen molar-refractivity contribution < 1.29 is 33.3 Å². The van der Waals surface area contributed by atoms with E-state index in [-0.39, 0.29) is 29.9 Å². The molecule has 41 heavy (non-hydrogen) atoms. The van der Waals surface area contributed by atoms with Crippen molar-refractivity contribution in [3.8, 4) is 11.5 Å². The standard InChI is InChI=1S/C31H35N3O7/c1-22(2)34(25-7-5-4-6-8-25)26-12-10-24(11-13-26)32-29(35)20-41-31(37)23-9-14-27(28(19-23)38-3)40-21-30(36)33-15-17-39-18-16-33/h4-14,19,22H,15-18,20-21H2,1-3H3,(H,32,35). The van der Waals surface area contributed by atoms with Crippen molar-refractivity contribution in [3.63, 3.8) is 0 Å². The summed E-state index contributed by atoms with van der Waals surface area (Å²) in [6.45, 7) is 5.65. The number of anilines is 3. The minimum absolute atomic E-state index is 0.159. The molecule has 3 aromatic rings. The van der Waals surface area contributed by atoms with Crippen LogP contribution in [0, 0.1) is 0 Å². The fourth-order valence-electron chi connectivity index (χ4n) is 4.41. The summed E-state index contributed by atoms with van der Waals surface area (Å²) in [4.78, 5) is 41.3. The lowest BCUT2D eigenvalue weighted by molar-refractivity contribution is -0.137. The SMILES string of the molecule is COc1cc(C(=O)OCC(=O)Nc2ccc(N(c3ccccc3)C(C)C)cc2)ccc1OCC(=O)N1CCOCC1. The number of para-hydroxylation sites is 1. The van der Waals surface area contributed by atoms with Crippen LogP contribution in [0.4, 0.5) is 17.1 Å². The Kier molecular flexibility index (Phi) is 10.2. The Balaban J connectivity index is 1.29. The minimum Gasteiger partial charge on any atom is -0.493 e. The van der Waals surface area contributed by atoms with Gasteiger partial charge in [-0.05, 0) is 68.4 Å². The van der Waals surface area contributed by atoms with Crippen molar-refractivity contribution in [1.29, 1.82) is 0 Å². The van der Waals surface area contributed by atoms with Gasteiger partial charge in [0, 0.05) is 36.2 Å². The van der Waals surface area contributed by atoms with Gasteiger partial charge in [-0.1, -0.05) is 18.2 Å². The summed E-state index contributed by atoms with van der Waals surface area (Å²) in [5, 5.41) is 2.75. The van der Waals surface area contributed by atoms with Gasteiger partial charge in [-0.3, -0.25) is 9.59 Å². The van der Waals surface area contributed by atoms with Gasteiger partial charge in [0.25, 0.3) is 11.8 Å². The number of esters is 1. The van der Waals surface area contributed by atoms with E-state index >= 15 is 0 Å². The first kappa shape index (κ1) is 29.4. The topological polar surface area (TPSA) is 107 Å². The molecular formula is C31H35N3O7. The molecule has 216 valence electrons. The van der Waals surface area contributed by atoms with Crippen molar-refractivity contribution in [2.24, 2.45) is 0 Å². The Morgan fingerprint density at radius 3 is 2.24 bits per heavy atom. The Hall–Kier alpha value is -4.57. The minimum atomic E-state index is -0.694. The van der Waals surface area contributed by atoms with E-state index < -0.39 is 18.5 Å². The van der Waals surface area contributed by atoms with Crippen LogP contribution in [-0.2, 0) is 19.1 Å². The number of carbonyl (C=O) groups excluding carboxylic acids is 3. The number of morpholine rings is 1. The molecule has 1 heterocycles. The van der Waals surface area contributed by atoms with Gasteiger partial charge in [0.05, 0.1) is 25.9 Å². The maximum atomic E-state index is 12.6. The molecule has 10 heteroatoms. The van der Waals surface area contributed by atoms with E-state index in [4.69, 9.17) is 18.9 Å². The third-order valence-corrected chi connectivity index (χ3v) is 6.43. The van der Waals surface area contributed by atoms with Crippen LogP contribution in [0.2, 0.25) is 0 Å². The second kappa shape index (κ2) is 14.2. The average molecular weight is 562 g/mol. The molecule has 2 amide bonds. The number of nitrogens with one attached hydrogen (secondary N) is 1. The first-order valence-electron chi connectivity index (χ1n) is 13.4. The normalized spacial score (nSPS) is 12.9. The Labute approximate surface area is 239 Å². The number of amides is 2. The molecule has 1 aliphatic heterocycles. The van der Waals surface area contributed by atoms with E-state index in [1.165, 1.54) is 25.3 Å². The highest BCUT2D eigenvalue weighted by Gasteiger charge is 2.19. The van der Waals surface area contributed by atoms with E-state index in [1.54, 1.807) is 17.0 Å². The zero-order valence-corrected chi connectivity index (χ0v) is 23.5. The zero-order valence-electron chi connectivity index (χ0n) is 23.5. The number of methoxy groups -OCH3 is 1. The predicted molar refractivity (Wildman–Crippen MR) is 155 cm³/mol. The summed E-state index contributed by atoms with van der Waals surface area (Å²) in [7, 11) is 1.43. The van der Waals surface area contributed by atoms with Gasteiger partial charge in [-0.15, -0.1) is 0 Å². The van der Waals surface area contributed by atoms with Crippen LogP contribution in [0.3, 0.4) is 0 Å². The van der Waals surface area contributed by atoms with Crippen molar-refractivity contribution in [3.05, 3.63) is 78.4 Å². The van der Waals surface area contributed by atoms with Crippen molar-refractivity contribution in [1.82, 2.24) is 4.90 Å². The van der Waals surface area contributed by atoms with Crippen LogP contribution < -0.4 is 19.7 Å². The molecule has 4 rings (SSSR count). The smallest absolute Gasteiger partial charge is 0.338 e. The number of carbonyl (C=O) groups is 3. The fraction of sp³-hybridized carbons (Fsp3) is 0.323. The third kappa shape index (κ3) is 7.98. The monoisotopic (exact) mass is 561 g/mol. The Morgan fingerprint density at radius 1 is 0.902 bits per heavy atom. The average Bonchev–Trinajstić information content (AvgIpc) is 3.00. The molecule has 0 bridgehead atoms. The lowest BCUT2D eigenvalue weighted by atomic mass is 10.2. The Bertz CT molecular complexity index is 1320. The lowest BCUT2D eigenvalue weighted by Gasteiger charge is -2.29. The summed E-state index contributed by atoms with van der Waals surface area (Å²) < 4.78 is 21.4. The predicted octanol–water partition coefficient (Wildman–Crippen LogP) is 4.27. The quantitative estimate of drug-likeness (QED) is 0.346. The first-order chi connectivity index (χ1) is 19.9. The lowest BCUT2D eigenvalue weighted by Crippen LogP contribution is -2.43. The molecule has 0 saturated carbocycles. The largest absolute Gasteiger partial charge is 0.493 e. The van der Waals surface area contributed by atoms with Gasteiger partial charge in [0.1, 0.15) is 0 Å². The number of ether oxygens (including phenoxy) is 4. The van der Waals surface area contributed by atoms with Crippen molar-refractivity contribution >= 4 is 34.8 Å². The van der Waals surface area contributed by atoms with Crippen LogP contribution in [0.5, 0.6) is 11.5 Å². The molecule has 0 atom stereocenters. The van der Waals surface area contributed by atoms with E-state index in [1.807, 2.05) is 42.5 Å². The zero-order chi connectivity index (χ0) is 29.2. The molecule has 0 spiro atoms. The molecule has 1 aliphatic rings. The van der Waals surface area contributed by atoms with E-state index in [0.29, 0.717) is 37.7 Å². The summed E-state index contributed by atoms with van der Waals surface area (Å²) in [5.41, 5.74) is 2.83. The number of hydrogen-bond acceptors (Lipinski definition) is 8. The van der Waals surface area contributed by atoms with Gasteiger partial charge in [0.15, 0.2) is 24.7 Å². The second-order valence-corrected chi connectivity index (χ2v) is 9.62. The summed E-state index contributed by atoms with van der Waals surface area (Å²) >= 11 is 0. The third-order valence-electron chi connectivity index (χ3n) is 6.43. The highest BCUT2D eigenvalue weighted by molar-refractivity contribution is 5.96. The molecule has 1 fully saturated rings. The number of nitrogens with zero attached hydrogens (tertiary/aromatic N) is 2. The summed E-state index contributed by atoms with van der Waals surface area (Å²) in [5.74, 6) is -0.739. The van der Waals surface area contributed by atoms with Gasteiger partial charge in [0.2, 0.25) is 0 Å². The van der Waals surface area contributed by atoms with E-state index in [2.05, 4.69) is 24.1 Å². The fourth-order valence-corrected chi connectivity index (χ4v) is 4.41. The molecule has 1 N–H and O–H groups in total. The molecular weight excluding hydrogens is 526 g/mol. The molecule has 0 aliphatic carbocycles. The van der Waals surface area contributed by atoms with Crippen molar-refractivity contribution in [2.45, 2.75) is 19.9 Å². The summed E-state index contributed by atoms with van der Waals surface area (Å²) in [6, 6.07) is 22.2.